The Hall–Kier alpha value is -1.03. The Morgan fingerprint density at radius 1 is 1.67 bits per heavy atom. The van der Waals surface area contributed by atoms with Gasteiger partial charge in [0.05, 0.1) is 11.9 Å². The third-order valence-corrected chi connectivity index (χ3v) is 3.34. The molecule has 1 aliphatic heterocycles. The molecule has 15 heavy (non-hydrogen) atoms. The highest BCUT2D eigenvalue weighted by molar-refractivity contribution is 5.38. The number of aromatic nitrogens is 2. The average molecular weight is 208 g/mol. The number of nitrogens with zero attached hydrogens (tertiary/aromatic N) is 2. The molecule has 1 unspecified atom stereocenters. The summed E-state index contributed by atoms with van der Waals surface area (Å²) in [4.78, 5) is 0. The Morgan fingerprint density at radius 2 is 2.53 bits per heavy atom. The van der Waals surface area contributed by atoms with Crippen molar-refractivity contribution in [3.63, 3.8) is 0 Å². The van der Waals surface area contributed by atoms with Crippen molar-refractivity contribution >= 4 is 5.69 Å². The van der Waals surface area contributed by atoms with Gasteiger partial charge in [0.25, 0.3) is 0 Å². The second-order valence-corrected chi connectivity index (χ2v) is 4.42. The SMILES string of the molecule is CCC1(CNc2cnn(C)c2)CCCN1. The van der Waals surface area contributed by atoms with Gasteiger partial charge in [0, 0.05) is 25.3 Å². The first-order chi connectivity index (χ1) is 7.24. The van der Waals surface area contributed by atoms with E-state index in [9.17, 15) is 0 Å². The van der Waals surface area contributed by atoms with Crippen molar-refractivity contribution in [2.24, 2.45) is 7.05 Å². The molecule has 2 rings (SSSR count). The molecular formula is C11H20N4. The quantitative estimate of drug-likeness (QED) is 0.785. The molecule has 4 heteroatoms. The number of hydrogen-bond donors (Lipinski definition) is 2. The average Bonchev–Trinajstić information content (AvgIpc) is 2.85. The van der Waals surface area contributed by atoms with Crippen molar-refractivity contribution < 1.29 is 0 Å². The fourth-order valence-corrected chi connectivity index (χ4v) is 2.23. The highest BCUT2D eigenvalue weighted by atomic mass is 15.3. The third kappa shape index (κ3) is 2.31. The van der Waals surface area contributed by atoms with Gasteiger partial charge in [-0.15, -0.1) is 0 Å². The Labute approximate surface area is 91.1 Å². The Morgan fingerprint density at radius 3 is 3.07 bits per heavy atom. The zero-order valence-corrected chi connectivity index (χ0v) is 9.58. The van der Waals surface area contributed by atoms with Crippen LogP contribution in [0.3, 0.4) is 0 Å². The van der Waals surface area contributed by atoms with Crippen LogP contribution in [-0.2, 0) is 7.05 Å². The van der Waals surface area contributed by atoms with Crippen LogP contribution in [-0.4, -0.2) is 28.4 Å². The maximum absolute atomic E-state index is 4.14. The minimum absolute atomic E-state index is 0.301. The molecule has 1 aliphatic rings. The molecule has 1 atom stereocenters. The summed E-state index contributed by atoms with van der Waals surface area (Å²) < 4.78 is 1.82. The molecule has 2 N–H and O–H groups in total. The number of rotatable bonds is 4. The number of aryl methyl sites for hydroxylation is 1. The lowest BCUT2D eigenvalue weighted by atomic mass is 9.94. The molecule has 1 saturated heterocycles. The molecule has 0 amide bonds. The van der Waals surface area contributed by atoms with Crippen molar-refractivity contribution in [1.82, 2.24) is 15.1 Å². The summed E-state index contributed by atoms with van der Waals surface area (Å²) in [6, 6.07) is 0. The first-order valence-corrected chi connectivity index (χ1v) is 5.72. The molecule has 0 bridgehead atoms. The van der Waals surface area contributed by atoms with Crippen LogP contribution >= 0.6 is 0 Å². The van der Waals surface area contributed by atoms with Crippen molar-refractivity contribution in [2.75, 3.05) is 18.4 Å². The molecule has 0 aliphatic carbocycles. The van der Waals surface area contributed by atoms with Gasteiger partial charge in [-0.05, 0) is 25.8 Å². The summed E-state index contributed by atoms with van der Waals surface area (Å²) in [7, 11) is 1.94. The fraction of sp³-hybridized carbons (Fsp3) is 0.727. The van der Waals surface area contributed by atoms with Gasteiger partial charge in [-0.25, -0.2) is 0 Å². The molecular weight excluding hydrogens is 188 g/mol. The van der Waals surface area contributed by atoms with Crippen LogP contribution in [0.5, 0.6) is 0 Å². The molecule has 0 radical (unpaired) electrons. The topological polar surface area (TPSA) is 41.9 Å². The number of anilines is 1. The van der Waals surface area contributed by atoms with Crippen LogP contribution in [0.2, 0.25) is 0 Å². The van der Waals surface area contributed by atoms with Crippen LogP contribution in [0, 0.1) is 0 Å². The van der Waals surface area contributed by atoms with E-state index < -0.39 is 0 Å². The zero-order valence-electron chi connectivity index (χ0n) is 9.58. The maximum atomic E-state index is 4.14. The molecule has 84 valence electrons. The zero-order chi connectivity index (χ0) is 10.7. The van der Waals surface area contributed by atoms with Gasteiger partial charge < -0.3 is 10.6 Å². The molecule has 1 aromatic heterocycles. The third-order valence-electron chi connectivity index (χ3n) is 3.34. The van der Waals surface area contributed by atoms with Gasteiger partial charge in [0.15, 0.2) is 0 Å². The normalized spacial score (nSPS) is 25.7. The Kier molecular flexibility index (Phi) is 2.95. The lowest BCUT2D eigenvalue weighted by Crippen LogP contribution is -2.45. The van der Waals surface area contributed by atoms with E-state index in [-0.39, 0.29) is 0 Å². The summed E-state index contributed by atoms with van der Waals surface area (Å²) in [5, 5.41) is 11.2. The summed E-state index contributed by atoms with van der Waals surface area (Å²) in [6.07, 6.45) is 7.64. The van der Waals surface area contributed by atoms with E-state index in [4.69, 9.17) is 0 Å². The summed E-state index contributed by atoms with van der Waals surface area (Å²) >= 11 is 0. The van der Waals surface area contributed by atoms with Gasteiger partial charge in [0.2, 0.25) is 0 Å². The predicted molar refractivity (Wildman–Crippen MR) is 62.0 cm³/mol. The Bertz CT molecular complexity index is 312. The molecule has 0 spiro atoms. The van der Waals surface area contributed by atoms with E-state index >= 15 is 0 Å². The standard InChI is InChI=1S/C11H20N4/c1-3-11(5-4-6-13-11)9-12-10-7-14-15(2)8-10/h7-8,12-13H,3-6,9H2,1-2H3. The lowest BCUT2D eigenvalue weighted by molar-refractivity contribution is 0.383. The largest absolute Gasteiger partial charge is 0.381 e. The summed E-state index contributed by atoms with van der Waals surface area (Å²) in [5.74, 6) is 0. The van der Waals surface area contributed by atoms with Crippen molar-refractivity contribution in [2.45, 2.75) is 31.7 Å². The van der Waals surface area contributed by atoms with E-state index in [0.29, 0.717) is 5.54 Å². The van der Waals surface area contributed by atoms with E-state index in [1.54, 1.807) is 0 Å². The van der Waals surface area contributed by atoms with Crippen molar-refractivity contribution in [3.8, 4) is 0 Å². The monoisotopic (exact) mass is 208 g/mol. The fourth-order valence-electron chi connectivity index (χ4n) is 2.23. The van der Waals surface area contributed by atoms with E-state index in [0.717, 1.165) is 18.8 Å². The molecule has 1 aromatic rings. The Balaban J connectivity index is 1.91. The highest BCUT2D eigenvalue weighted by Gasteiger charge is 2.30. The van der Waals surface area contributed by atoms with Crippen LogP contribution in [0.25, 0.3) is 0 Å². The van der Waals surface area contributed by atoms with E-state index in [2.05, 4.69) is 22.7 Å². The van der Waals surface area contributed by atoms with Crippen molar-refractivity contribution in [3.05, 3.63) is 12.4 Å². The minimum Gasteiger partial charge on any atom is -0.381 e. The number of nitrogens with one attached hydrogen (secondary N) is 2. The van der Waals surface area contributed by atoms with Crippen LogP contribution in [0.15, 0.2) is 12.4 Å². The number of hydrogen-bond acceptors (Lipinski definition) is 3. The first kappa shape index (κ1) is 10.5. The lowest BCUT2D eigenvalue weighted by Gasteiger charge is -2.28. The molecule has 0 aromatic carbocycles. The second kappa shape index (κ2) is 4.23. The minimum atomic E-state index is 0.301. The molecule has 1 fully saturated rings. The van der Waals surface area contributed by atoms with Gasteiger partial charge in [0.1, 0.15) is 0 Å². The smallest absolute Gasteiger partial charge is 0.0727 e. The van der Waals surface area contributed by atoms with Gasteiger partial charge in [-0.2, -0.15) is 5.10 Å². The van der Waals surface area contributed by atoms with Crippen LogP contribution < -0.4 is 10.6 Å². The predicted octanol–water partition coefficient (Wildman–Crippen LogP) is 1.36. The van der Waals surface area contributed by atoms with Crippen LogP contribution in [0.4, 0.5) is 5.69 Å². The van der Waals surface area contributed by atoms with Gasteiger partial charge >= 0.3 is 0 Å². The first-order valence-electron chi connectivity index (χ1n) is 5.72. The second-order valence-electron chi connectivity index (χ2n) is 4.42. The molecule has 0 saturated carbocycles. The molecule has 2 heterocycles. The van der Waals surface area contributed by atoms with Crippen LogP contribution in [0.1, 0.15) is 26.2 Å². The van der Waals surface area contributed by atoms with Gasteiger partial charge in [-0.1, -0.05) is 6.92 Å². The van der Waals surface area contributed by atoms with E-state index in [1.807, 2.05) is 24.1 Å². The summed E-state index contributed by atoms with van der Waals surface area (Å²) in [5.41, 5.74) is 1.41. The maximum Gasteiger partial charge on any atom is 0.0727 e. The highest BCUT2D eigenvalue weighted by Crippen LogP contribution is 2.23. The van der Waals surface area contributed by atoms with E-state index in [1.165, 1.54) is 19.3 Å². The molecule has 4 nitrogen and oxygen atoms in total. The summed E-state index contributed by atoms with van der Waals surface area (Å²) in [6.45, 7) is 4.40. The van der Waals surface area contributed by atoms with Crippen molar-refractivity contribution in [1.29, 1.82) is 0 Å². The van der Waals surface area contributed by atoms with Gasteiger partial charge in [-0.3, -0.25) is 4.68 Å².